The first-order chi connectivity index (χ1) is 9.08. The van der Waals surface area contributed by atoms with Crippen molar-refractivity contribution in [3.8, 4) is 0 Å². The largest absolute Gasteiger partial charge is 0.480 e. The van der Waals surface area contributed by atoms with Crippen LogP contribution in [0.4, 0.5) is 4.79 Å². The van der Waals surface area contributed by atoms with Crippen molar-refractivity contribution in [1.82, 2.24) is 15.5 Å². The highest BCUT2D eigenvalue weighted by atomic mass is 16.4. The highest BCUT2D eigenvalue weighted by molar-refractivity contribution is 5.82. The molecule has 110 valence electrons. The number of hydrogen-bond donors (Lipinski definition) is 3. The maximum absolute atomic E-state index is 11.6. The summed E-state index contributed by atoms with van der Waals surface area (Å²) in [6, 6.07) is -0.509. The average molecular weight is 271 g/mol. The van der Waals surface area contributed by atoms with E-state index in [1.54, 1.807) is 0 Å². The molecule has 0 aliphatic heterocycles. The molecule has 0 aromatic rings. The van der Waals surface area contributed by atoms with Gasteiger partial charge in [-0.25, -0.2) is 9.59 Å². The van der Waals surface area contributed by atoms with E-state index in [1.807, 2.05) is 6.92 Å². The topological polar surface area (TPSA) is 81.7 Å². The lowest BCUT2D eigenvalue weighted by Crippen LogP contribution is -2.47. The van der Waals surface area contributed by atoms with Crippen molar-refractivity contribution >= 4 is 12.0 Å². The zero-order chi connectivity index (χ0) is 14.3. The van der Waals surface area contributed by atoms with E-state index in [0.717, 1.165) is 19.5 Å². The summed E-state index contributed by atoms with van der Waals surface area (Å²) in [4.78, 5) is 24.8. The summed E-state index contributed by atoms with van der Waals surface area (Å²) in [5.74, 6) is -0.981. The van der Waals surface area contributed by atoms with E-state index in [0.29, 0.717) is 19.0 Å². The van der Waals surface area contributed by atoms with Crippen molar-refractivity contribution in [2.75, 3.05) is 19.6 Å². The van der Waals surface area contributed by atoms with Gasteiger partial charge in [-0.3, -0.25) is 4.90 Å². The fraction of sp³-hybridized carbons (Fsp3) is 0.846. The molecule has 0 saturated heterocycles. The Bertz CT molecular complexity index is 306. The Morgan fingerprint density at radius 1 is 1.37 bits per heavy atom. The molecule has 1 aliphatic carbocycles. The first kappa shape index (κ1) is 15.8. The van der Waals surface area contributed by atoms with Gasteiger partial charge in [0.25, 0.3) is 0 Å². The normalized spacial score (nSPS) is 16.2. The predicted molar refractivity (Wildman–Crippen MR) is 73.1 cm³/mol. The highest BCUT2D eigenvalue weighted by Crippen LogP contribution is 2.25. The molecule has 1 fully saturated rings. The van der Waals surface area contributed by atoms with Crippen molar-refractivity contribution in [2.24, 2.45) is 0 Å². The van der Waals surface area contributed by atoms with Crippen molar-refractivity contribution in [3.05, 3.63) is 0 Å². The Morgan fingerprint density at radius 3 is 2.53 bits per heavy atom. The van der Waals surface area contributed by atoms with Crippen LogP contribution in [0.15, 0.2) is 0 Å². The minimum Gasteiger partial charge on any atom is -0.480 e. The molecular formula is C13H25N3O3. The number of amides is 2. The van der Waals surface area contributed by atoms with Gasteiger partial charge in [0.1, 0.15) is 6.04 Å². The van der Waals surface area contributed by atoms with Gasteiger partial charge in [0.15, 0.2) is 0 Å². The molecule has 0 aromatic carbocycles. The van der Waals surface area contributed by atoms with Gasteiger partial charge in [-0.05, 0) is 25.8 Å². The van der Waals surface area contributed by atoms with Gasteiger partial charge in [-0.15, -0.1) is 0 Å². The Hall–Kier alpha value is -1.30. The van der Waals surface area contributed by atoms with Gasteiger partial charge in [-0.1, -0.05) is 20.3 Å². The number of carbonyl (C=O) groups excluding carboxylic acids is 1. The number of urea groups is 1. The number of nitrogens with one attached hydrogen (secondary N) is 2. The number of aliphatic carboxylic acids is 1. The summed E-state index contributed by atoms with van der Waals surface area (Å²) < 4.78 is 0. The molecule has 1 atom stereocenters. The maximum atomic E-state index is 11.6. The van der Waals surface area contributed by atoms with E-state index in [2.05, 4.69) is 22.5 Å². The monoisotopic (exact) mass is 271 g/mol. The van der Waals surface area contributed by atoms with E-state index in [9.17, 15) is 9.59 Å². The standard InChI is InChI=1S/C13H25N3O3/c1-3-5-11(12(17)18)15-13(19)14-8-9-16(4-2)10-6-7-10/h10-11H,3-9H2,1-2H3,(H,17,18)(H2,14,15,19)/t11-/m1/s1. The third kappa shape index (κ3) is 5.92. The second-order valence-electron chi connectivity index (χ2n) is 4.94. The highest BCUT2D eigenvalue weighted by Gasteiger charge is 2.27. The Kier molecular flexibility index (Phi) is 6.62. The van der Waals surface area contributed by atoms with E-state index in [4.69, 9.17) is 5.11 Å². The summed E-state index contributed by atoms with van der Waals surface area (Å²) in [6.45, 7) is 6.36. The van der Waals surface area contributed by atoms with E-state index < -0.39 is 18.0 Å². The molecule has 1 aliphatic rings. The van der Waals surface area contributed by atoms with Gasteiger partial charge >= 0.3 is 12.0 Å². The lowest BCUT2D eigenvalue weighted by atomic mass is 10.2. The second kappa shape index (κ2) is 7.99. The van der Waals surface area contributed by atoms with Crippen molar-refractivity contribution < 1.29 is 14.7 Å². The zero-order valence-electron chi connectivity index (χ0n) is 11.8. The van der Waals surface area contributed by atoms with E-state index in [-0.39, 0.29) is 0 Å². The first-order valence-electron chi connectivity index (χ1n) is 7.09. The summed E-state index contributed by atoms with van der Waals surface area (Å²) >= 11 is 0. The number of likely N-dealkylation sites (N-methyl/N-ethyl adjacent to an activating group) is 1. The van der Waals surface area contributed by atoms with E-state index in [1.165, 1.54) is 12.8 Å². The quantitative estimate of drug-likeness (QED) is 0.585. The molecule has 0 radical (unpaired) electrons. The number of carboxylic acid groups (broad SMARTS) is 1. The fourth-order valence-corrected chi connectivity index (χ4v) is 2.11. The third-order valence-electron chi connectivity index (χ3n) is 3.33. The minimum absolute atomic E-state index is 0.396. The van der Waals surface area contributed by atoms with Gasteiger partial charge in [-0.2, -0.15) is 0 Å². The third-order valence-corrected chi connectivity index (χ3v) is 3.33. The van der Waals surface area contributed by atoms with Crippen molar-refractivity contribution in [2.45, 2.75) is 51.6 Å². The van der Waals surface area contributed by atoms with Gasteiger partial charge in [0, 0.05) is 19.1 Å². The molecule has 6 nitrogen and oxygen atoms in total. The number of carboxylic acids is 1. The van der Waals surface area contributed by atoms with Crippen LogP contribution in [0.1, 0.15) is 39.5 Å². The summed E-state index contributed by atoms with van der Waals surface area (Å²) in [7, 11) is 0. The van der Waals surface area contributed by atoms with Crippen LogP contribution in [0.2, 0.25) is 0 Å². The fourth-order valence-electron chi connectivity index (χ4n) is 2.11. The number of rotatable bonds is 9. The van der Waals surface area contributed by atoms with Crippen LogP contribution in [0.25, 0.3) is 0 Å². The Balaban J connectivity index is 2.20. The summed E-state index contributed by atoms with van der Waals surface area (Å²) in [6.07, 6.45) is 3.67. The molecule has 0 heterocycles. The van der Waals surface area contributed by atoms with Crippen LogP contribution in [0.3, 0.4) is 0 Å². The minimum atomic E-state index is -0.981. The van der Waals surface area contributed by atoms with Crippen molar-refractivity contribution in [3.63, 3.8) is 0 Å². The lowest BCUT2D eigenvalue weighted by Gasteiger charge is -2.20. The number of hydrogen-bond acceptors (Lipinski definition) is 3. The summed E-state index contributed by atoms with van der Waals surface area (Å²) in [5, 5.41) is 14.1. The molecule has 2 amide bonds. The van der Waals surface area contributed by atoms with Crippen LogP contribution >= 0.6 is 0 Å². The summed E-state index contributed by atoms with van der Waals surface area (Å²) in [5.41, 5.74) is 0. The smallest absolute Gasteiger partial charge is 0.326 e. The molecule has 19 heavy (non-hydrogen) atoms. The van der Waals surface area contributed by atoms with Gasteiger partial charge in [0.05, 0.1) is 0 Å². The molecule has 6 heteroatoms. The zero-order valence-corrected chi connectivity index (χ0v) is 11.8. The second-order valence-corrected chi connectivity index (χ2v) is 4.94. The molecule has 1 rings (SSSR count). The van der Waals surface area contributed by atoms with Crippen LogP contribution in [0.5, 0.6) is 0 Å². The molecule has 0 spiro atoms. The van der Waals surface area contributed by atoms with Crippen LogP contribution in [-0.4, -0.2) is 53.7 Å². The lowest BCUT2D eigenvalue weighted by molar-refractivity contribution is -0.139. The molecule has 0 unspecified atom stereocenters. The van der Waals surface area contributed by atoms with E-state index >= 15 is 0 Å². The molecule has 1 saturated carbocycles. The molecule has 0 aromatic heterocycles. The van der Waals surface area contributed by atoms with Crippen molar-refractivity contribution in [1.29, 1.82) is 0 Å². The Labute approximate surface area is 114 Å². The first-order valence-corrected chi connectivity index (χ1v) is 7.09. The average Bonchev–Trinajstić information content (AvgIpc) is 3.18. The predicted octanol–water partition coefficient (Wildman–Crippen LogP) is 1.02. The number of carbonyl (C=O) groups is 2. The van der Waals surface area contributed by atoms with Crippen LogP contribution in [-0.2, 0) is 4.79 Å². The Morgan fingerprint density at radius 2 is 2.05 bits per heavy atom. The molecular weight excluding hydrogens is 246 g/mol. The maximum Gasteiger partial charge on any atom is 0.326 e. The molecule has 0 bridgehead atoms. The van der Waals surface area contributed by atoms with Crippen LogP contribution in [0, 0.1) is 0 Å². The number of nitrogens with zero attached hydrogens (tertiary/aromatic N) is 1. The molecule has 3 N–H and O–H groups in total. The van der Waals surface area contributed by atoms with Gasteiger partial charge < -0.3 is 15.7 Å². The SMILES string of the molecule is CCC[C@@H](NC(=O)NCCN(CC)C1CC1)C(=O)O. The van der Waals surface area contributed by atoms with Gasteiger partial charge in [0.2, 0.25) is 0 Å². The van der Waals surface area contributed by atoms with Crippen LogP contribution < -0.4 is 10.6 Å².